The van der Waals surface area contributed by atoms with Crippen LogP contribution in [0.3, 0.4) is 0 Å². The average molecular weight is 292 g/mol. The first kappa shape index (κ1) is 15.1. The van der Waals surface area contributed by atoms with Gasteiger partial charge in [-0.2, -0.15) is 0 Å². The molecule has 0 bridgehead atoms. The Morgan fingerprint density at radius 3 is 2.65 bits per heavy atom. The van der Waals surface area contributed by atoms with Gasteiger partial charge < -0.3 is 11.1 Å². The molecule has 4 nitrogen and oxygen atoms in total. The number of rotatable bonds is 5. The fourth-order valence-electron chi connectivity index (χ4n) is 2.47. The number of carbonyl (C=O) groups is 2. The Morgan fingerprint density at radius 2 is 2.05 bits per heavy atom. The summed E-state index contributed by atoms with van der Waals surface area (Å²) < 4.78 is 0. The fraction of sp³-hybridized carbons (Fsp3) is 0.467. The predicted octanol–water partition coefficient (Wildman–Crippen LogP) is 1.79. The van der Waals surface area contributed by atoms with Crippen molar-refractivity contribution in [2.45, 2.75) is 37.5 Å². The smallest absolute Gasteiger partial charge is 0.217 e. The topological polar surface area (TPSA) is 72.2 Å². The lowest BCUT2D eigenvalue weighted by molar-refractivity contribution is -0.118. The molecule has 0 aliphatic carbocycles. The molecule has 1 aromatic rings. The largest absolute Gasteiger partial charge is 0.370 e. The summed E-state index contributed by atoms with van der Waals surface area (Å²) in [6, 6.07) is 8.59. The van der Waals surface area contributed by atoms with Gasteiger partial charge in [0.05, 0.1) is 0 Å². The van der Waals surface area contributed by atoms with Crippen molar-refractivity contribution in [3.8, 4) is 0 Å². The third kappa shape index (κ3) is 4.35. The van der Waals surface area contributed by atoms with E-state index in [1.165, 1.54) is 17.3 Å². The molecular weight excluding hydrogens is 272 g/mol. The molecule has 108 valence electrons. The molecule has 2 atom stereocenters. The molecule has 5 heteroatoms. The summed E-state index contributed by atoms with van der Waals surface area (Å²) in [5.74, 6) is -0.268. The molecule has 1 saturated heterocycles. The minimum atomic E-state index is -0.268. The van der Waals surface area contributed by atoms with Gasteiger partial charge in [-0.3, -0.25) is 9.59 Å². The van der Waals surface area contributed by atoms with Crippen LogP contribution in [0.25, 0.3) is 0 Å². The summed E-state index contributed by atoms with van der Waals surface area (Å²) in [4.78, 5) is 21.9. The number of hydrogen-bond donors (Lipinski definition) is 2. The number of thioether (sulfide) groups is 1. The molecule has 20 heavy (non-hydrogen) atoms. The summed E-state index contributed by atoms with van der Waals surface area (Å²) in [7, 11) is 0. The number of nitrogens with two attached hydrogens (primary N) is 1. The molecule has 0 spiro atoms. The third-order valence-electron chi connectivity index (χ3n) is 3.47. The van der Waals surface area contributed by atoms with E-state index in [2.05, 4.69) is 17.4 Å². The molecule has 1 fully saturated rings. The van der Waals surface area contributed by atoms with E-state index < -0.39 is 0 Å². The van der Waals surface area contributed by atoms with Crippen LogP contribution >= 0.6 is 11.8 Å². The number of amides is 1. The van der Waals surface area contributed by atoms with Crippen molar-refractivity contribution < 1.29 is 9.59 Å². The maximum atomic E-state index is 11.1. The average Bonchev–Trinajstić information content (AvgIpc) is 2.84. The highest BCUT2D eigenvalue weighted by atomic mass is 32.2. The van der Waals surface area contributed by atoms with E-state index in [0.717, 1.165) is 18.5 Å². The SMILES string of the molecule is CC(=O)SC1CN[C@@H](c2ccc(CCC(N)=O)cc2)C1. The van der Waals surface area contributed by atoms with Gasteiger partial charge >= 0.3 is 0 Å². The molecule has 1 heterocycles. The van der Waals surface area contributed by atoms with E-state index >= 15 is 0 Å². The van der Waals surface area contributed by atoms with Gasteiger partial charge in [0.15, 0.2) is 5.12 Å². The van der Waals surface area contributed by atoms with Crippen LogP contribution in [0.5, 0.6) is 0 Å². The molecule has 3 N–H and O–H groups in total. The van der Waals surface area contributed by atoms with Crippen LogP contribution in [0.1, 0.15) is 36.9 Å². The van der Waals surface area contributed by atoms with E-state index in [1.54, 1.807) is 6.92 Å². The summed E-state index contributed by atoms with van der Waals surface area (Å²) in [6.07, 6.45) is 2.06. The Bertz CT molecular complexity index is 487. The summed E-state index contributed by atoms with van der Waals surface area (Å²) in [5.41, 5.74) is 7.51. The van der Waals surface area contributed by atoms with Crippen LogP contribution in [0.4, 0.5) is 0 Å². The normalized spacial score (nSPS) is 21.9. The highest BCUT2D eigenvalue weighted by molar-refractivity contribution is 8.14. The van der Waals surface area contributed by atoms with Gasteiger partial charge in [0.1, 0.15) is 0 Å². The second-order valence-electron chi connectivity index (χ2n) is 5.14. The van der Waals surface area contributed by atoms with E-state index in [4.69, 9.17) is 5.73 Å². The molecule has 2 rings (SSSR count). The first-order valence-corrected chi connectivity index (χ1v) is 7.70. The second kappa shape index (κ2) is 6.90. The van der Waals surface area contributed by atoms with Crippen LogP contribution in [-0.2, 0) is 16.0 Å². The number of benzene rings is 1. The molecule has 1 aliphatic heterocycles. The summed E-state index contributed by atoms with van der Waals surface area (Å²) >= 11 is 1.42. The molecule has 1 amide bonds. The highest BCUT2D eigenvalue weighted by Gasteiger charge is 2.26. The van der Waals surface area contributed by atoms with Crippen molar-refractivity contribution >= 4 is 22.8 Å². The van der Waals surface area contributed by atoms with E-state index in [0.29, 0.717) is 24.1 Å². The van der Waals surface area contributed by atoms with Gasteiger partial charge in [-0.25, -0.2) is 0 Å². The molecule has 1 aliphatic rings. The molecule has 1 unspecified atom stereocenters. The van der Waals surface area contributed by atoms with Crippen molar-refractivity contribution in [1.82, 2.24) is 5.32 Å². The van der Waals surface area contributed by atoms with Crippen molar-refractivity contribution in [3.63, 3.8) is 0 Å². The third-order valence-corrected chi connectivity index (χ3v) is 4.49. The van der Waals surface area contributed by atoms with Crippen LogP contribution < -0.4 is 11.1 Å². The Labute approximate surface area is 123 Å². The first-order chi connectivity index (χ1) is 9.54. The Hall–Kier alpha value is -1.33. The molecule has 0 saturated carbocycles. The lowest BCUT2D eigenvalue weighted by Gasteiger charge is -2.11. The summed E-state index contributed by atoms with van der Waals surface area (Å²) in [6.45, 7) is 2.49. The number of carbonyl (C=O) groups excluding carboxylic acids is 2. The molecule has 0 radical (unpaired) electrons. The lowest BCUT2D eigenvalue weighted by Crippen LogP contribution is -2.14. The molecular formula is C15H20N2O2S. The Morgan fingerprint density at radius 1 is 1.35 bits per heavy atom. The number of hydrogen-bond acceptors (Lipinski definition) is 4. The number of aryl methyl sites for hydroxylation is 1. The second-order valence-corrected chi connectivity index (χ2v) is 6.61. The van der Waals surface area contributed by atoms with Crippen LogP contribution in [0, 0.1) is 0 Å². The van der Waals surface area contributed by atoms with Crippen LogP contribution in [0.2, 0.25) is 0 Å². The van der Waals surface area contributed by atoms with Crippen LogP contribution in [-0.4, -0.2) is 22.8 Å². The predicted molar refractivity (Wildman–Crippen MR) is 81.4 cm³/mol. The minimum Gasteiger partial charge on any atom is -0.370 e. The van der Waals surface area contributed by atoms with Gasteiger partial charge in [0.2, 0.25) is 5.91 Å². The van der Waals surface area contributed by atoms with Crippen LogP contribution in [0.15, 0.2) is 24.3 Å². The molecule has 1 aromatic carbocycles. The van der Waals surface area contributed by atoms with Gasteiger partial charge in [-0.05, 0) is 24.0 Å². The van der Waals surface area contributed by atoms with Crippen molar-refractivity contribution in [3.05, 3.63) is 35.4 Å². The van der Waals surface area contributed by atoms with Crippen molar-refractivity contribution in [2.24, 2.45) is 5.73 Å². The zero-order valence-electron chi connectivity index (χ0n) is 11.6. The quantitative estimate of drug-likeness (QED) is 0.868. The summed E-state index contributed by atoms with van der Waals surface area (Å²) in [5, 5.41) is 4.00. The lowest BCUT2D eigenvalue weighted by atomic mass is 10.0. The highest BCUT2D eigenvalue weighted by Crippen LogP contribution is 2.30. The monoisotopic (exact) mass is 292 g/mol. The van der Waals surface area contributed by atoms with E-state index in [9.17, 15) is 9.59 Å². The fourth-order valence-corrected chi connectivity index (χ4v) is 3.40. The van der Waals surface area contributed by atoms with Crippen molar-refractivity contribution in [1.29, 1.82) is 0 Å². The van der Waals surface area contributed by atoms with Gasteiger partial charge in [0.25, 0.3) is 0 Å². The standard InChI is InChI=1S/C15H20N2O2S/c1-10(18)20-13-8-14(17-9-13)12-5-2-11(3-6-12)4-7-15(16)19/h2-3,5-6,13-14,17H,4,7-9H2,1H3,(H2,16,19)/t13?,14-/m1/s1. The zero-order chi connectivity index (χ0) is 14.5. The van der Waals surface area contributed by atoms with Gasteiger partial charge in [-0.15, -0.1) is 0 Å². The first-order valence-electron chi connectivity index (χ1n) is 6.82. The Balaban J connectivity index is 1.90. The van der Waals surface area contributed by atoms with E-state index in [1.807, 2.05) is 12.1 Å². The van der Waals surface area contributed by atoms with E-state index in [-0.39, 0.29) is 11.0 Å². The zero-order valence-corrected chi connectivity index (χ0v) is 12.4. The maximum Gasteiger partial charge on any atom is 0.217 e. The van der Waals surface area contributed by atoms with Gasteiger partial charge in [0, 0.05) is 31.2 Å². The van der Waals surface area contributed by atoms with Crippen molar-refractivity contribution in [2.75, 3.05) is 6.54 Å². The Kier molecular flexibility index (Phi) is 5.20. The molecule has 0 aromatic heterocycles. The van der Waals surface area contributed by atoms with Gasteiger partial charge in [-0.1, -0.05) is 36.0 Å². The number of primary amides is 1. The number of nitrogens with one attached hydrogen (secondary N) is 1. The minimum absolute atomic E-state index is 0.180. The maximum absolute atomic E-state index is 11.1.